The second kappa shape index (κ2) is 8.46. The highest BCUT2D eigenvalue weighted by molar-refractivity contribution is 5.97. The summed E-state index contributed by atoms with van der Waals surface area (Å²) in [5, 5.41) is 0. The zero-order valence-corrected chi connectivity index (χ0v) is 18.3. The molecule has 0 N–H and O–H groups in total. The summed E-state index contributed by atoms with van der Waals surface area (Å²) in [6.07, 6.45) is 9.66. The number of nitrogens with zero attached hydrogens (tertiary/aromatic N) is 6. The van der Waals surface area contributed by atoms with E-state index in [2.05, 4.69) is 19.9 Å². The lowest BCUT2D eigenvalue weighted by Gasteiger charge is -2.48. The standard InChI is InChI=1S/C23H28N6O3/c1-2-32-22(31)28-15-23(16-28)6-5-17(12-23)27-10-11-29(20(30)14-27)21-18(4-3-7-26-21)19-13-24-8-9-25-19/h3-4,7-9,13,17H,2,5-6,10-12,14-16H2,1H3/t17-/m1/s1. The first-order chi connectivity index (χ1) is 15.6. The average Bonchev–Trinajstić information content (AvgIpc) is 3.25. The van der Waals surface area contributed by atoms with Crippen molar-refractivity contribution in [3.63, 3.8) is 0 Å². The first-order valence-electron chi connectivity index (χ1n) is 11.3. The molecule has 3 aliphatic rings. The van der Waals surface area contributed by atoms with E-state index in [-0.39, 0.29) is 17.4 Å². The molecule has 2 amide bonds. The van der Waals surface area contributed by atoms with Gasteiger partial charge >= 0.3 is 6.09 Å². The molecule has 5 rings (SSSR count). The van der Waals surface area contributed by atoms with Gasteiger partial charge in [0.05, 0.1) is 25.0 Å². The monoisotopic (exact) mass is 436 g/mol. The van der Waals surface area contributed by atoms with Gasteiger partial charge in [0, 0.05) is 61.8 Å². The molecule has 1 spiro atoms. The van der Waals surface area contributed by atoms with E-state index >= 15 is 0 Å². The SMILES string of the molecule is CCOC(=O)N1CC2(CC[C@@H](N3CCN(c4ncccc4-c4cnccn4)C(=O)C3)C2)C1. The molecule has 0 radical (unpaired) electrons. The highest BCUT2D eigenvalue weighted by Crippen LogP contribution is 2.47. The summed E-state index contributed by atoms with van der Waals surface area (Å²) in [6.45, 7) is 5.57. The summed E-state index contributed by atoms with van der Waals surface area (Å²) >= 11 is 0. The van der Waals surface area contributed by atoms with Crippen LogP contribution in [0.3, 0.4) is 0 Å². The zero-order valence-electron chi connectivity index (χ0n) is 18.3. The smallest absolute Gasteiger partial charge is 0.409 e. The number of ether oxygens (including phenoxy) is 1. The summed E-state index contributed by atoms with van der Waals surface area (Å²) in [7, 11) is 0. The minimum Gasteiger partial charge on any atom is -0.450 e. The van der Waals surface area contributed by atoms with Crippen LogP contribution < -0.4 is 4.90 Å². The van der Waals surface area contributed by atoms with Gasteiger partial charge in [0.1, 0.15) is 5.82 Å². The molecule has 2 aliphatic heterocycles. The minimum absolute atomic E-state index is 0.0581. The molecule has 1 atom stereocenters. The molecule has 0 bridgehead atoms. The summed E-state index contributed by atoms with van der Waals surface area (Å²) in [4.78, 5) is 44.0. The molecule has 9 nitrogen and oxygen atoms in total. The zero-order chi connectivity index (χ0) is 22.1. The molecule has 2 aromatic heterocycles. The van der Waals surface area contributed by atoms with Crippen molar-refractivity contribution < 1.29 is 14.3 Å². The van der Waals surface area contributed by atoms with Crippen molar-refractivity contribution in [3.8, 4) is 11.3 Å². The van der Waals surface area contributed by atoms with E-state index < -0.39 is 0 Å². The van der Waals surface area contributed by atoms with Crippen LogP contribution in [0.25, 0.3) is 11.3 Å². The first-order valence-corrected chi connectivity index (χ1v) is 11.3. The number of likely N-dealkylation sites (tertiary alicyclic amines) is 1. The third-order valence-corrected chi connectivity index (χ3v) is 6.90. The van der Waals surface area contributed by atoms with Crippen LogP contribution in [0.2, 0.25) is 0 Å². The van der Waals surface area contributed by atoms with Crippen molar-refractivity contribution in [3.05, 3.63) is 36.9 Å². The predicted molar refractivity (Wildman–Crippen MR) is 118 cm³/mol. The first kappa shape index (κ1) is 20.8. The van der Waals surface area contributed by atoms with Crippen LogP contribution in [0, 0.1) is 5.41 Å². The fourth-order valence-electron chi connectivity index (χ4n) is 5.36. The topological polar surface area (TPSA) is 91.8 Å². The second-order valence-electron chi connectivity index (χ2n) is 8.93. The van der Waals surface area contributed by atoms with E-state index in [9.17, 15) is 9.59 Å². The van der Waals surface area contributed by atoms with Crippen molar-refractivity contribution in [1.82, 2.24) is 24.8 Å². The molecule has 9 heteroatoms. The number of rotatable bonds is 4. The Morgan fingerprint density at radius 2 is 2.09 bits per heavy atom. The molecule has 0 unspecified atom stereocenters. The number of anilines is 1. The molecule has 2 saturated heterocycles. The maximum Gasteiger partial charge on any atom is 0.409 e. The largest absolute Gasteiger partial charge is 0.450 e. The van der Waals surface area contributed by atoms with Gasteiger partial charge in [-0.1, -0.05) is 0 Å². The Morgan fingerprint density at radius 3 is 2.84 bits per heavy atom. The van der Waals surface area contributed by atoms with Gasteiger partial charge in [-0.25, -0.2) is 9.78 Å². The van der Waals surface area contributed by atoms with Gasteiger partial charge < -0.3 is 9.64 Å². The molecular formula is C23H28N6O3. The van der Waals surface area contributed by atoms with Crippen LogP contribution in [0.4, 0.5) is 10.6 Å². The summed E-state index contributed by atoms with van der Waals surface area (Å²) in [5.41, 5.74) is 1.72. The Hall–Kier alpha value is -3.07. The quantitative estimate of drug-likeness (QED) is 0.726. The summed E-state index contributed by atoms with van der Waals surface area (Å²) in [5.74, 6) is 0.701. The van der Waals surface area contributed by atoms with E-state index in [0.29, 0.717) is 37.3 Å². The number of amides is 2. The van der Waals surface area contributed by atoms with E-state index in [4.69, 9.17) is 4.74 Å². The van der Waals surface area contributed by atoms with Gasteiger partial charge in [-0.3, -0.25) is 24.6 Å². The molecule has 1 saturated carbocycles. The number of carbonyl (C=O) groups excluding carboxylic acids is 2. The third kappa shape index (κ3) is 3.81. The predicted octanol–water partition coefficient (Wildman–Crippen LogP) is 2.20. The third-order valence-electron chi connectivity index (χ3n) is 6.90. The Bertz CT molecular complexity index is 994. The van der Waals surface area contributed by atoms with Crippen LogP contribution in [0.15, 0.2) is 36.9 Å². The van der Waals surface area contributed by atoms with Gasteiger partial charge in [0.2, 0.25) is 5.91 Å². The highest BCUT2D eigenvalue weighted by atomic mass is 16.6. The Labute approximate surface area is 187 Å². The van der Waals surface area contributed by atoms with Crippen LogP contribution in [-0.4, -0.2) is 82.1 Å². The molecule has 32 heavy (non-hydrogen) atoms. The van der Waals surface area contributed by atoms with Crippen molar-refractivity contribution in [2.75, 3.05) is 44.2 Å². The molecule has 4 heterocycles. The van der Waals surface area contributed by atoms with E-state index in [1.54, 1.807) is 34.6 Å². The maximum absolute atomic E-state index is 13.1. The van der Waals surface area contributed by atoms with Gasteiger partial charge in [-0.2, -0.15) is 0 Å². The van der Waals surface area contributed by atoms with Crippen molar-refractivity contribution >= 4 is 17.8 Å². The van der Waals surface area contributed by atoms with Gasteiger partial charge in [-0.15, -0.1) is 0 Å². The molecule has 168 valence electrons. The molecular weight excluding hydrogens is 408 g/mol. The van der Waals surface area contributed by atoms with Crippen molar-refractivity contribution in [1.29, 1.82) is 0 Å². The van der Waals surface area contributed by atoms with E-state index in [1.807, 2.05) is 19.1 Å². The van der Waals surface area contributed by atoms with Gasteiger partial charge in [0.25, 0.3) is 0 Å². The van der Waals surface area contributed by atoms with E-state index in [1.165, 1.54) is 0 Å². The van der Waals surface area contributed by atoms with Crippen LogP contribution >= 0.6 is 0 Å². The van der Waals surface area contributed by atoms with E-state index in [0.717, 1.165) is 44.5 Å². The number of hydrogen-bond donors (Lipinski definition) is 0. The lowest BCUT2D eigenvalue weighted by Crippen LogP contribution is -2.58. The summed E-state index contributed by atoms with van der Waals surface area (Å²) < 4.78 is 5.11. The normalized spacial score (nSPS) is 22.8. The Kier molecular flexibility index (Phi) is 5.50. The summed E-state index contributed by atoms with van der Waals surface area (Å²) in [6, 6.07) is 4.16. The van der Waals surface area contributed by atoms with Crippen molar-refractivity contribution in [2.45, 2.75) is 32.2 Å². The molecule has 3 fully saturated rings. The maximum atomic E-state index is 13.1. The lowest BCUT2D eigenvalue weighted by atomic mass is 9.78. The number of piperazine rings is 1. The minimum atomic E-state index is -0.209. The number of carbonyl (C=O) groups is 2. The highest BCUT2D eigenvalue weighted by Gasteiger charge is 2.51. The number of pyridine rings is 1. The number of hydrogen-bond acceptors (Lipinski definition) is 7. The Morgan fingerprint density at radius 1 is 1.22 bits per heavy atom. The number of aromatic nitrogens is 3. The fourth-order valence-corrected chi connectivity index (χ4v) is 5.36. The second-order valence-corrected chi connectivity index (χ2v) is 8.93. The van der Waals surface area contributed by atoms with Crippen LogP contribution in [0.5, 0.6) is 0 Å². The van der Waals surface area contributed by atoms with Crippen molar-refractivity contribution in [2.24, 2.45) is 5.41 Å². The lowest BCUT2D eigenvalue weighted by molar-refractivity contribution is -0.122. The average molecular weight is 437 g/mol. The van der Waals surface area contributed by atoms with Gasteiger partial charge in [0.15, 0.2) is 0 Å². The molecule has 1 aliphatic carbocycles. The van der Waals surface area contributed by atoms with Gasteiger partial charge in [-0.05, 0) is 38.3 Å². The van der Waals surface area contributed by atoms with Crippen LogP contribution in [0.1, 0.15) is 26.2 Å². The molecule has 2 aromatic rings. The van der Waals surface area contributed by atoms with Crippen LogP contribution in [-0.2, 0) is 9.53 Å². The molecule has 0 aromatic carbocycles. The Balaban J connectivity index is 1.22. The fraction of sp³-hybridized carbons (Fsp3) is 0.522.